The van der Waals surface area contributed by atoms with Crippen molar-refractivity contribution in [1.29, 1.82) is 0 Å². The van der Waals surface area contributed by atoms with Crippen molar-refractivity contribution in [2.75, 3.05) is 18.5 Å². The Labute approximate surface area is 107 Å². The van der Waals surface area contributed by atoms with Crippen molar-refractivity contribution in [2.45, 2.75) is 32.7 Å². The highest BCUT2D eigenvalue weighted by atomic mass is 79.9. The smallest absolute Gasteiger partial charge is 0.0375 e. The number of hydrogen-bond acceptors (Lipinski definition) is 2. The second-order valence-corrected chi connectivity index (χ2v) is 5.12. The molecule has 3 heteroatoms. The van der Waals surface area contributed by atoms with Gasteiger partial charge in [-0.25, -0.2) is 0 Å². The molecule has 0 aliphatic rings. The van der Waals surface area contributed by atoms with E-state index in [1.54, 1.807) is 0 Å². The maximum absolute atomic E-state index is 5.88. The Morgan fingerprint density at radius 1 is 1.44 bits per heavy atom. The molecule has 1 aromatic rings. The van der Waals surface area contributed by atoms with Crippen molar-refractivity contribution in [1.82, 2.24) is 0 Å². The lowest BCUT2D eigenvalue weighted by atomic mass is 10.1. The highest BCUT2D eigenvalue weighted by Gasteiger charge is 2.07. The van der Waals surface area contributed by atoms with Crippen LogP contribution in [0, 0.1) is 0 Å². The number of nitrogens with zero attached hydrogens (tertiary/aromatic N) is 1. The fourth-order valence-electron chi connectivity index (χ4n) is 1.65. The third-order valence-corrected chi connectivity index (χ3v) is 3.45. The normalized spacial score (nSPS) is 12.6. The van der Waals surface area contributed by atoms with Crippen LogP contribution in [0.25, 0.3) is 0 Å². The van der Waals surface area contributed by atoms with Crippen LogP contribution < -0.4 is 10.6 Å². The molecule has 0 fully saturated rings. The quantitative estimate of drug-likeness (QED) is 0.893. The minimum atomic E-state index is 0.0735. The van der Waals surface area contributed by atoms with Crippen molar-refractivity contribution in [3.8, 4) is 0 Å². The standard InChI is InChI=1S/C13H21BrN2/c1-4-5-8-16(3)11-6-7-12(10(2)15)13(14)9-11/h6-7,9-10H,4-5,8,15H2,1-3H3/t10-/m0/s1. The molecule has 0 amide bonds. The molecule has 0 aliphatic carbocycles. The molecule has 0 aromatic heterocycles. The predicted molar refractivity (Wildman–Crippen MR) is 74.9 cm³/mol. The number of unbranched alkanes of at least 4 members (excludes halogenated alkanes) is 1. The van der Waals surface area contributed by atoms with E-state index in [4.69, 9.17) is 5.73 Å². The Bertz CT molecular complexity index is 337. The van der Waals surface area contributed by atoms with Crippen LogP contribution in [-0.4, -0.2) is 13.6 Å². The van der Waals surface area contributed by atoms with Crippen LogP contribution in [0.4, 0.5) is 5.69 Å². The zero-order valence-corrected chi connectivity index (χ0v) is 11.9. The molecule has 2 N–H and O–H groups in total. The van der Waals surface area contributed by atoms with Gasteiger partial charge in [0, 0.05) is 29.8 Å². The number of hydrogen-bond donors (Lipinski definition) is 1. The Morgan fingerprint density at radius 3 is 2.62 bits per heavy atom. The van der Waals surface area contributed by atoms with Crippen molar-refractivity contribution in [3.63, 3.8) is 0 Å². The van der Waals surface area contributed by atoms with E-state index in [2.05, 4.69) is 53.0 Å². The van der Waals surface area contributed by atoms with E-state index in [0.717, 1.165) is 16.6 Å². The number of benzene rings is 1. The monoisotopic (exact) mass is 284 g/mol. The average Bonchev–Trinajstić information content (AvgIpc) is 2.25. The van der Waals surface area contributed by atoms with Crippen molar-refractivity contribution in [3.05, 3.63) is 28.2 Å². The minimum Gasteiger partial charge on any atom is -0.375 e. The van der Waals surface area contributed by atoms with Gasteiger partial charge in [0.05, 0.1) is 0 Å². The van der Waals surface area contributed by atoms with Crippen LogP contribution in [-0.2, 0) is 0 Å². The van der Waals surface area contributed by atoms with E-state index in [9.17, 15) is 0 Å². The van der Waals surface area contributed by atoms with Crippen LogP contribution in [0.15, 0.2) is 22.7 Å². The SMILES string of the molecule is CCCCN(C)c1ccc([C@H](C)N)c(Br)c1. The molecule has 0 aliphatic heterocycles. The summed E-state index contributed by atoms with van der Waals surface area (Å²) in [7, 11) is 2.13. The van der Waals surface area contributed by atoms with E-state index in [0.29, 0.717) is 0 Å². The zero-order chi connectivity index (χ0) is 12.1. The lowest BCUT2D eigenvalue weighted by Crippen LogP contribution is -2.18. The summed E-state index contributed by atoms with van der Waals surface area (Å²) >= 11 is 3.58. The van der Waals surface area contributed by atoms with Gasteiger partial charge in [-0.3, -0.25) is 0 Å². The summed E-state index contributed by atoms with van der Waals surface area (Å²) in [6, 6.07) is 6.46. The van der Waals surface area contributed by atoms with E-state index in [1.165, 1.54) is 18.5 Å². The third kappa shape index (κ3) is 3.49. The summed E-state index contributed by atoms with van der Waals surface area (Å²) in [6.07, 6.45) is 2.45. The van der Waals surface area contributed by atoms with E-state index < -0.39 is 0 Å². The summed E-state index contributed by atoms with van der Waals surface area (Å²) in [6.45, 7) is 5.31. The van der Waals surface area contributed by atoms with Gasteiger partial charge in [-0.15, -0.1) is 0 Å². The number of halogens is 1. The molecule has 0 radical (unpaired) electrons. The summed E-state index contributed by atoms with van der Waals surface area (Å²) in [5.74, 6) is 0. The first kappa shape index (κ1) is 13.5. The molecule has 2 nitrogen and oxygen atoms in total. The van der Waals surface area contributed by atoms with E-state index in [1.807, 2.05) is 6.92 Å². The highest BCUT2D eigenvalue weighted by molar-refractivity contribution is 9.10. The lowest BCUT2D eigenvalue weighted by Gasteiger charge is -2.20. The van der Waals surface area contributed by atoms with Gasteiger partial charge in [-0.2, -0.15) is 0 Å². The first-order chi connectivity index (χ1) is 7.56. The average molecular weight is 285 g/mol. The molecule has 1 rings (SSSR count). The van der Waals surface area contributed by atoms with Gasteiger partial charge in [0.2, 0.25) is 0 Å². The van der Waals surface area contributed by atoms with Crippen LogP contribution in [0.1, 0.15) is 38.3 Å². The molecule has 1 aromatic carbocycles. The topological polar surface area (TPSA) is 29.3 Å². The van der Waals surface area contributed by atoms with Crippen molar-refractivity contribution in [2.24, 2.45) is 5.73 Å². The van der Waals surface area contributed by atoms with Gasteiger partial charge < -0.3 is 10.6 Å². The molecule has 0 saturated carbocycles. The predicted octanol–water partition coefficient (Wildman–Crippen LogP) is 3.71. The molecular weight excluding hydrogens is 264 g/mol. The summed E-state index contributed by atoms with van der Waals surface area (Å²) in [5.41, 5.74) is 8.28. The Hall–Kier alpha value is -0.540. The highest BCUT2D eigenvalue weighted by Crippen LogP contribution is 2.27. The van der Waals surface area contributed by atoms with Crippen LogP contribution in [0.2, 0.25) is 0 Å². The molecule has 16 heavy (non-hydrogen) atoms. The molecule has 0 heterocycles. The molecule has 0 saturated heterocycles. The van der Waals surface area contributed by atoms with Gasteiger partial charge in [-0.1, -0.05) is 35.3 Å². The van der Waals surface area contributed by atoms with Gasteiger partial charge in [0.1, 0.15) is 0 Å². The number of rotatable bonds is 5. The van der Waals surface area contributed by atoms with Crippen molar-refractivity contribution >= 4 is 21.6 Å². The minimum absolute atomic E-state index is 0.0735. The van der Waals surface area contributed by atoms with Crippen LogP contribution in [0.3, 0.4) is 0 Å². The fraction of sp³-hybridized carbons (Fsp3) is 0.538. The fourth-order valence-corrected chi connectivity index (χ4v) is 2.37. The van der Waals surface area contributed by atoms with Gasteiger partial charge >= 0.3 is 0 Å². The Morgan fingerprint density at radius 2 is 2.12 bits per heavy atom. The Balaban J connectivity index is 2.80. The molecular formula is C13H21BrN2. The second-order valence-electron chi connectivity index (χ2n) is 4.27. The third-order valence-electron chi connectivity index (χ3n) is 2.76. The number of nitrogens with two attached hydrogens (primary N) is 1. The molecule has 0 bridgehead atoms. The van der Waals surface area contributed by atoms with Gasteiger partial charge in [-0.05, 0) is 31.0 Å². The van der Waals surface area contributed by atoms with Crippen molar-refractivity contribution < 1.29 is 0 Å². The Kier molecular flexibility index (Phi) is 5.29. The molecule has 90 valence electrons. The van der Waals surface area contributed by atoms with Gasteiger partial charge in [0.15, 0.2) is 0 Å². The van der Waals surface area contributed by atoms with Crippen LogP contribution in [0.5, 0.6) is 0 Å². The number of anilines is 1. The summed E-state index contributed by atoms with van der Waals surface area (Å²) in [4.78, 5) is 2.28. The van der Waals surface area contributed by atoms with Crippen LogP contribution >= 0.6 is 15.9 Å². The summed E-state index contributed by atoms with van der Waals surface area (Å²) in [5, 5.41) is 0. The first-order valence-corrected chi connectivity index (χ1v) is 6.61. The van der Waals surface area contributed by atoms with Gasteiger partial charge in [0.25, 0.3) is 0 Å². The maximum Gasteiger partial charge on any atom is 0.0375 e. The van der Waals surface area contributed by atoms with E-state index >= 15 is 0 Å². The second kappa shape index (κ2) is 6.26. The molecule has 1 atom stereocenters. The maximum atomic E-state index is 5.88. The zero-order valence-electron chi connectivity index (χ0n) is 10.3. The summed E-state index contributed by atoms with van der Waals surface area (Å²) < 4.78 is 1.10. The largest absolute Gasteiger partial charge is 0.375 e. The molecule has 0 unspecified atom stereocenters. The lowest BCUT2D eigenvalue weighted by molar-refractivity contribution is 0.765. The van der Waals surface area contributed by atoms with E-state index in [-0.39, 0.29) is 6.04 Å². The molecule has 0 spiro atoms. The first-order valence-electron chi connectivity index (χ1n) is 5.82.